The van der Waals surface area contributed by atoms with E-state index in [2.05, 4.69) is 17.1 Å². The molecule has 1 aromatic rings. The van der Waals surface area contributed by atoms with Crippen LogP contribution in [-0.2, 0) is 4.74 Å². The van der Waals surface area contributed by atoms with Gasteiger partial charge in [-0.1, -0.05) is 19.1 Å². The van der Waals surface area contributed by atoms with E-state index in [9.17, 15) is 9.90 Å². The number of hydrogen-bond donors (Lipinski definition) is 2. The molecule has 1 amide bonds. The minimum atomic E-state index is -0.261. The Morgan fingerprint density at radius 1 is 1.55 bits per heavy atom. The molecule has 5 heteroatoms. The standard InChI is InChI=1S/C15H22N2O3/c1-3-17-7-8-20-12(10-17)9-16-15(19)13-6-4-5-11(2)14(13)18/h4-6,12,18H,3,7-10H2,1-2H3,(H,16,19). The molecule has 0 aliphatic carbocycles. The highest BCUT2D eigenvalue weighted by Gasteiger charge is 2.20. The van der Waals surface area contributed by atoms with Gasteiger partial charge in [0.25, 0.3) is 5.91 Å². The van der Waals surface area contributed by atoms with Crippen molar-refractivity contribution < 1.29 is 14.6 Å². The SMILES string of the molecule is CCN1CCOC(CNC(=O)c2cccc(C)c2O)C1. The highest BCUT2D eigenvalue weighted by molar-refractivity contribution is 5.97. The molecule has 0 aromatic heterocycles. The topological polar surface area (TPSA) is 61.8 Å². The molecule has 1 fully saturated rings. The summed E-state index contributed by atoms with van der Waals surface area (Å²) in [5, 5.41) is 12.7. The first-order valence-electron chi connectivity index (χ1n) is 7.02. The van der Waals surface area contributed by atoms with Crippen LogP contribution < -0.4 is 5.32 Å². The number of carbonyl (C=O) groups excluding carboxylic acids is 1. The Hall–Kier alpha value is -1.59. The lowest BCUT2D eigenvalue weighted by molar-refractivity contribution is -0.0246. The quantitative estimate of drug-likeness (QED) is 0.867. The number of aryl methyl sites for hydroxylation is 1. The summed E-state index contributed by atoms with van der Waals surface area (Å²) < 4.78 is 5.63. The van der Waals surface area contributed by atoms with E-state index in [1.807, 2.05) is 0 Å². The zero-order chi connectivity index (χ0) is 14.5. The van der Waals surface area contributed by atoms with Crippen LogP contribution in [0.5, 0.6) is 5.75 Å². The predicted molar refractivity (Wildman–Crippen MR) is 77.0 cm³/mol. The number of hydrogen-bond acceptors (Lipinski definition) is 4. The maximum atomic E-state index is 12.1. The largest absolute Gasteiger partial charge is 0.507 e. The molecule has 1 saturated heterocycles. The molecule has 2 rings (SSSR count). The summed E-state index contributed by atoms with van der Waals surface area (Å²) in [6.45, 7) is 7.82. The number of benzene rings is 1. The number of nitrogens with one attached hydrogen (secondary N) is 1. The summed E-state index contributed by atoms with van der Waals surface area (Å²) in [6, 6.07) is 5.16. The number of nitrogens with zero attached hydrogens (tertiary/aromatic N) is 1. The maximum absolute atomic E-state index is 12.1. The van der Waals surface area contributed by atoms with Crippen LogP contribution in [0.25, 0.3) is 0 Å². The van der Waals surface area contributed by atoms with E-state index in [1.54, 1.807) is 25.1 Å². The number of para-hydroxylation sites is 1. The molecule has 0 bridgehead atoms. The first-order chi connectivity index (χ1) is 9.61. The summed E-state index contributed by atoms with van der Waals surface area (Å²) in [4.78, 5) is 14.4. The lowest BCUT2D eigenvalue weighted by atomic mass is 10.1. The van der Waals surface area contributed by atoms with Crippen molar-refractivity contribution in [2.75, 3.05) is 32.8 Å². The van der Waals surface area contributed by atoms with Crippen molar-refractivity contribution in [1.82, 2.24) is 10.2 Å². The van der Waals surface area contributed by atoms with Crippen LogP contribution in [0.15, 0.2) is 18.2 Å². The summed E-state index contributed by atoms with van der Waals surface area (Å²) in [5.74, 6) is -0.215. The molecule has 2 N–H and O–H groups in total. The third-order valence-electron chi connectivity index (χ3n) is 3.64. The minimum Gasteiger partial charge on any atom is -0.507 e. The third-order valence-corrected chi connectivity index (χ3v) is 3.64. The molecule has 0 spiro atoms. The fourth-order valence-electron chi connectivity index (χ4n) is 2.34. The first kappa shape index (κ1) is 14.8. The van der Waals surface area contributed by atoms with Crippen LogP contribution in [0.2, 0.25) is 0 Å². The van der Waals surface area contributed by atoms with Crippen LogP contribution in [0.4, 0.5) is 0 Å². The van der Waals surface area contributed by atoms with E-state index in [0.29, 0.717) is 24.3 Å². The van der Waals surface area contributed by atoms with Crippen molar-refractivity contribution in [2.45, 2.75) is 20.0 Å². The normalized spacial score (nSPS) is 19.8. The van der Waals surface area contributed by atoms with E-state index in [4.69, 9.17) is 4.74 Å². The average molecular weight is 278 g/mol. The number of phenols is 1. The van der Waals surface area contributed by atoms with Gasteiger partial charge in [-0.15, -0.1) is 0 Å². The summed E-state index contributed by atoms with van der Waals surface area (Å²) in [5.41, 5.74) is 1.01. The molecule has 0 saturated carbocycles. The van der Waals surface area contributed by atoms with Gasteiger partial charge in [-0.3, -0.25) is 9.69 Å². The van der Waals surface area contributed by atoms with Crippen molar-refractivity contribution in [3.63, 3.8) is 0 Å². The molecule has 1 unspecified atom stereocenters. The highest BCUT2D eigenvalue weighted by atomic mass is 16.5. The summed E-state index contributed by atoms with van der Waals surface area (Å²) in [6.07, 6.45) is 0.0135. The Bertz CT molecular complexity index is 476. The predicted octanol–water partition coefficient (Wildman–Crippen LogP) is 1.15. The van der Waals surface area contributed by atoms with E-state index in [1.165, 1.54) is 0 Å². The highest BCUT2D eigenvalue weighted by Crippen LogP contribution is 2.21. The molecule has 1 aliphatic heterocycles. The Kier molecular flexibility index (Phi) is 4.98. The van der Waals surface area contributed by atoms with Crippen LogP contribution in [-0.4, -0.2) is 54.8 Å². The van der Waals surface area contributed by atoms with Crippen molar-refractivity contribution in [2.24, 2.45) is 0 Å². The number of likely N-dealkylation sites (N-methyl/N-ethyl adjacent to an activating group) is 1. The molecular formula is C15H22N2O3. The third kappa shape index (κ3) is 3.49. The fourth-order valence-corrected chi connectivity index (χ4v) is 2.34. The number of amides is 1. The molecule has 1 aromatic carbocycles. The second-order valence-corrected chi connectivity index (χ2v) is 5.07. The Morgan fingerprint density at radius 3 is 3.10 bits per heavy atom. The number of phenolic OH excluding ortho intramolecular Hbond substituents is 1. The number of ether oxygens (including phenoxy) is 1. The van der Waals surface area contributed by atoms with Gasteiger partial charge in [-0.25, -0.2) is 0 Å². The Labute approximate surface area is 119 Å². The van der Waals surface area contributed by atoms with Gasteiger partial charge >= 0.3 is 0 Å². The van der Waals surface area contributed by atoms with E-state index < -0.39 is 0 Å². The van der Waals surface area contributed by atoms with Gasteiger partial charge in [-0.05, 0) is 25.1 Å². The minimum absolute atomic E-state index is 0.0135. The Balaban J connectivity index is 1.90. The first-order valence-corrected chi connectivity index (χ1v) is 7.02. The molecule has 20 heavy (non-hydrogen) atoms. The molecule has 1 heterocycles. The number of carbonyl (C=O) groups is 1. The second-order valence-electron chi connectivity index (χ2n) is 5.07. The molecule has 1 aliphatic rings. The smallest absolute Gasteiger partial charge is 0.255 e. The van der Waals surface area contributed by atoms with Gasteiger partial charge in [0.15, 0.2) is 0 Å². The lowest BCUT2D eigenvalue weighted by Crippen LogP contribution is -2.47. The summed E-state index contributed by atoms with van der Waals surface area (Å²) >= 11 is 0. The van der Waals surface area contributed by atoms with Crippen molar-refractivity contribution in [1.29, 1.82) is 0 Å². The molecule has 5 nitrogen and oxygen atoms in total. The van der Waals surface area contributed by atoms with Crippen molar-refractivity contribution in [3.05, 3.63) is 29.3 Å². The van der Waals surface area contributed by atoms with Gasteiger partial charge in [0.1, 0.15) is 5.75 Å². The monoisotopic (exact) mass is 278 g/mol. The van der Waals surface area contributed by atoms with Crippen LogP contribution >= 0.6 is 0 Å². The number of morpholine rings is 1. The van der Waals surface area contributed by atoms with E-state index in [0.717, 1.165) is 19.6 Å². The number of rotatable bonds is 4. The van der Waals surface area contributed by atoms with Gasteiger partial charge in [0, 0.05) is 19.6 Å². The van der Waals surface area contributed by atoms with Crippen LogP contribution in [0, 0.1) is 6.92 Å². The van der Waals surface area contributed by atoms with Gasteiger partial charge in [-0.2, -0.15) is 0 Å². The van der Waals surface area contributed by atoms with E-state index in [-0.39, 0.29) is 17.8 Å². The second kappa shape index (κ2) is 6.72. The van der Waals surface area contributed by atoms with Crippen molar-refractivity contribution >= 4 is 5.91 Å². The molecule has 1 atom stereocenters. The van der Waals surface area contributed by atoms with Gasteiger partial charge in [0.05, 0.1) is 18.3 Å². The zero-order valence-electron chi connectivity index (χ0n) is 12.1. The molecular weight excluding hydrogens is 256 g/mol. The van der Waals surface area contributed by atoms with E-state index >= 15 is 0 Å². The maximum Gasteiger partial charge on any atom is 0.255 e. The van der Waals surface area contributed by atoms with Crippen LogP contribution in [0.3, 0.4) is 0 Å². The lowest BCUT2D eigenvalue weighted by Gasteiger charge is -2.32. The molecule has 0 radical (unpaired) electrons. The Morgan fingerprint density at radius 2 is 2.35 bits per heavy atom. The summed E-state index contributed by atoms with van der Waals surface area (Å²) in [7, 11) is 0. The van der Waals surface area contributed by atoms with Gasteiger partial charge < -0.3 is 15.2 Å². The van der Waals surface area contributed by atoms with Crippen molar-refractivity contribution in [3.8, 4) is 5.75 Å². The average Bonchev–Trinajstić information content (AvgIpc) is 2.48. The van der Waals surface area contributed by atoms with Crippen LogP contribution in [0.1, 0.15) is 22.8 Å². The zero-order valence-corrected chi connectivity index (χ0v) is 12.1. The fraction of sp³-hybridized carbons (Fsp3) is 0.533. The number of aromatic hydroxyl groups is 1. The molecule has 110 valence electrons. The van der Waals surface area contributed by atoms with Gasteiger partial charge in [0.2, 0.25) is 0 Å².